The molecule has 0 radical (unpaired) electrons. The second-order valence-corrected chi connectivity index (χ2v) is 11.6. The molecular weight excluding hydrogens is 494 g/mol. The van der Waals surface area contributed by atoms with Gasteiger partial charge in [-0.1, -0.05) is 71.8 Å². The maximum Gasteiger partial charge on any atom is 0.242 e. The van der Waals surface area contributed by atoms with E-state index in [-0.39, 0.29) is 23.1 Å². The topological polar surface area (TPSA) is 62.6 Å². The zero-order valence-corrected chi connectivity index (χ0v) is 21.7. The molecule has 1 aliphatic rings. The monoisotopic (exact) mass is 521 g/mol. The summed E-state index contributed by atoms with van der Waals surface area (Å²) in [6.45, 7) is 4.62. The third kappa shape index (κ3) is 4.99. The minimum Gasteiger partial charge on any atom is -0.367 e. The van der Waals surface area contributed by atoms with Crippen molar-refractivity contribution in [2.45, 2.75) is 24.1 Å². The molecule has 0 aliphatic carbocycles. The highest BCUT2D eigenvalue weighted by molar-refractivity contribution is 7.90. The number of benzene rings is 3. The molecule has 0 unspecified atom stereocenters. The highest BCUT2D eigenvalue weighted by Gasteiger charge is 2.25. The van der Waals surface area contributed by atoms with Crippen molar-refractivity contribution in [3.05, 3.63) is 95.1 Å². The summed E-state index contributed by atoms with van der Waals surface area (Å²) in [5.74, 6) is -0.115. The number of sulfone groups is 1. The molecule has 1 saturated heterocycles. The van der Waals surface area contributed by atoms with E-state index in [1.54, 1.807) is 16.8 Å². The molecule has 0 bridgehead atoms. The summed E-state index contributed by atoms with van der Waals surface area (Å²) in [5.41, 5.74) is 3.54. The summed E-state index contributed by atoms with van der Waals surface area (Å²) < 4.78 is 28.5. The number of aromatic nitrogens is 1. The van der Waals surface area contributed by atoms with Gasteiger partial charge < -0.3 is 14.4 Å². The van der Waals surface area contributed by atoms with Crippen molar-refractivity contribution in [3.63, 3.8) is 0 Å². The number of nitrogens with zero attached hydrogens (tertiary/aromatic N) is 3. The summed E-state index contributed by atoms with van der Waals surface area (Å²) in [4.78, 5) is 17.5. The Bertz CT molecular complexity index is 1500. The number of halogens is 1. The van der Waals surface area contributed by atoms with Crippen LogP contribution < -0.4 is 4.90 Å². The van der Waals surface area contributed by atoms with Crippen LogP contribution in [0.1, 0.15) is 11.1 Å². The van der Waals surface area contributed by atoms with E-state index >= 15 is 0 Å². The lowest BCUT2D eigenvalue weighted by Crippen LogP contribution is -2.49. The molecule has 2 heterocycles. The van der Waals surface area contributed by atoms with E-state index in [1.807, 2.05) is 78.6 Å². The third-order valence-electron chi connectivity index (χ3n) is 6.70. The normalized spacial score (nSPS) is 14.4. The number of amides is 1. The van der Waals surface area contributed by atoms with Gasteiger partial charge in [0.05, 0.1) is 21.4 Å². The Morgan fingerprint density at radius 2 is 1.56 bits per heavy atom. The van der Waals surface area contributed by atoms with Crippen LogP contribution in [0, 0.1) is 6.92 Å². The molecule has 5 rings (SSSR count). The molecule has 3 aromatic carbocycles. The molecule has 1 aromatic heterocycles. The molecule has 1 fully saturated rings. The maximum absolute atomic E-state index is 13.4. The molecule has 4 aromatic rings. The van der Waals surface area contributed by atoms with E-state index in [0.717, 1.165) is 22.3 Å². The minimum absolute atomic E-state index is 0.0305. The lowest BCUT2D eigenvalue weighted by Gasteiger charge is -2.36. The van der Waals surface area contributed by atoms with Crippen LogP contribution >= 0.6 is 11.6 Å². The van der Waals surface area contributed by atoms with Crippen LogP contribution in [0.15, 0.2) is 83.9 Å². The standard InChI is InChI=1S/C28H28ClN3O3S/c1-21-10-12-22(13-11-21)20-36(34,35)27-18-32(25-8-4-2-6-23(25)27)19-28(33)31-16-14-30(15-17-31)26-9-5-3-7-24(26)29/h2-13,18H,14-17,19-20H2,1H3. The number of carbonyl (C=O) groups is 1. The Balaban J connectivity index is 1.34. The Morgan fingerprint density at radius 1 is 0.889 bits per heavy atom. The van der Waals surface area contributed by atoms with Gasteiger partial charge in [0, 0.05) is 43.3 Å². The van der Waals surface area contributed by atoms with Gasteiger partial charge in [-0.15, -0.1) is 0 Å². The van der Waals surface area contributed by atoms with Crippen LogP contribution in [-0.4, -0.2) is 50.0 Å². The summed E-state index contributed by atoms with van der Waals surface area (Å²) in [6, 6.07) is 22.6. The van der Waals surface area contributed by atoms with Crippen LogP contribution in [0.5, 0.6) is 0 Å². The summed E-state index contributed by atoms with van der Waals surface area (Å²) in [7, 11) is -3.60. The predicted octanol–water partition coefficient (Wildman–Crippen LogP) is 4.93. The van der Waals surface area contributed by atoms with Crippen molar-refractivity contribution in [3.8, 4) is 0 Å². The van der Waals surface area contributed by atoms with Gasteiger partial charge in [0.25, 0.3) is 0 Å². The molecule has 0 atom stereocenters. The molecule has 8 heteroatoms. The number of carbonyl (C=O) groups excluding carboxylic acids is 1. The van der Waals surface area contributed by atoms with Crippen molar-refractivity contribution in [1.82, 2.24) is 9.47 Å². The Kier molecular flexibility index (Phi) is 6.77. The average molecular weight is 522 g/mol. The summed E-state index contributed by atoms with van der Waals surface area (Å²) >= 11 is 6.34. The van der Waals surface area contributed by atoms with Crippen molar-refractivity contribution >= 4 is 43.9 Å². The van der Waals surface area contributed by atoms with E-state index in [4.69, 9.17) is 11.6 Å². The van der Waals surface area contributed by atoms with Gasteiger partial charge in [-0.25, -0.2) is 8.42 Å². The van der Waals surface area contributed by atoms with E-state index in [2.05, 4.69) is 4.90 Å². The Labute approximate surface area is 216 Å². The van der Waals surface area contributed by atoms with Gasteiger partial charge in [-0.3, -0.25) is 4.79 Å². The van der Waals surface area contributed by atoms with Crippen molar-refractivity contribution in [2.24, 2.45) is 0 Å². The van der Waals surface area contributed by atoms with Crippen molar-refractivity contribution < 1.29 is 13.2 Å². The van der Waals surface area contributed by atoms with Gasteiger partial charge in [-0.05, 0) is 30.7 Å². The molecular formula is C28H28ClN3O3S. The molecule has 1 aliphatic heterocycles. The summed E-state index contributed by atoms with van der Waals surface area (Å²) in [5, 5.41) is 1.34. The number of aryl methyl sites for hydroxylation is 1. The molecule has 0 saturated carbocycles. The smallest absolute Gasteiger partial charge is 0.242 e. The van der Waals surface area contributed by atoms with Gasteiger partial charge in [0.2, 0.25) is 5.91 Å². The zero-order chi connectivity index (χ0) is 25.3. The second-order valence-electron chi connectivity index (χ2n) is 9.20. The van der Waals surface area contributed by atoms with E-state index in [9.17, 15) is 13.2 Å². The number of hydrogen-bond acceptors (Lipinski definition) is 4. The third-order valence-corrected chi connectivity index (χ3v) is 8.72. The zero-order valence-electron chi connectivity index (χ0n) is 20.1. The first kappa shape index (κ1) is 24.4. The second kappa shape index (κ2) is 9.99. The first-order valence-electron chi connectivity index (χ1n) is 12.0. The van der Waals surface area contributed by atoms with Gasteiger partial charge in [-0.2, -0.15) is 0 Å². The van der Waals surface area contributed by atoms with Gasteiger partial charge >= 0.3 is 0 Å². The molecule has 6 nitrogen and oxygen atoms in total. The number of fused-ring (bicyclic) bond motifs is 1. The predicted molar refractivity (Wildman–Crippen MR) is 144 cm³/mol. The van der Waals surface area contributed by atoms with Gasteiger partial charge in [0.15, 0.2) is 9.84 Å². The molecule has 186 valence electrons. The Hall–Kier alpha value is -3.29. The Morgan fingerprint density at radius 3 is 2.28 bits per heavy atom. The number of anilines is 1. The highest BCUT2D eigenvalue weighted by atomic mass is 35.5. The van der Waals surface area contributed by atoms with E-state index in [1.165, 1.54) is 0 Å². The number of rotatable bonds is 6. The fourth-order valence-electron chi connectivity index (χ4n) is 4.72. The summed E-state index contributed by atoms with van der Waals surface area (Å²) in [6.07, 6.45) is 1.62. The molecule has 0 spiro atoms. The van der Waals surface area contributed by atoms with E-state index in [0.29, 0.717) is 36.6 Å². The van der Waals surface area contributed by atoms with Crippen LogP contribution in [0.25, 0.3) is 10.9 Å². The minimum atomic E-state index is -3.60. The molecule has 36 heavy (non-hydrogen) atoms. The number of para-hydroxylation sites is 2. The molecule has 1 amide bonds. The van der Waals surface area contributed by atoms with Crippen molar-refractivity contribution in [1.29, 1.82) is 0 Å². The quantitative estimate of drug-likeness (QED) is 0.361. The average Bonchev–Trinajstić information content (AvgIpc) is 3.25. The first-order valence-corrected chi connectivity index (χ1v) is 14.0. The fourth-order valence-corrected chi connectivity index (χ4v) is 6.56. The number of piperazine rings is 1. The van der Waals surface area contributed by atoms with Crippen molar-refractivity contribution in [2.75, 3.05) is 31.1 Å². The largest absolute Gasteiger partial charge is 0.367 e. The van der Waals surface area contributed by atoms with E-state index < -0.39 is 9.84 Å². The maximum atomic E-state index is 13.4. The lowest BCUT2D eigenvalue weighted by atomic mass is 10.2. The van der Waals surface area contributed by atoms with Gasteiger partial charge in [0.1, 0.15) is 6.54 Å². The first-order chi connectivity index (χ1) is 17.3. The number of hydrogen-bond donors (Lipinski definition) is 0. The van der Waals surface area contributed by atoms with Crippen LogP contribution in [0.3, 0.4) is 0 Å². The van der Waals surface area contributed by atoms with Crippen LogP contribution in [0.4, 0.5) is 5.69 Å². The fraction of sp³-hybridized carbons (Fsp3) is 0.250. The lowest BCUT2D eigenvalue weighted by molar-refractivity contribution is -0.132. The van der Waals surface area contributed by atoms with Crippen LogP contribution in [-0.2, 0) is 26.9 Å². The highest BCUT2D eigenvalue weighted by Crippen LogP contribution is 2.29. The SMILES string of the molecule is Cc1ccc(CS(=O)(=O)c2cn(CC(=O)N3CCN(c4ccccc4Cl)CC3)c3ccccc23)cc1. The molecule has 0 N–H and O–H groups in total. The van der Waals surface area contributed by atoms with Crippen LogP contribution in [0.2, 0.25) is 5.02 Å².